The minimum atomic E-state index is -0.512. The van der Waals surface area contributed by atoms with Crippen molar-refractivity contribution >= 4 is 11.6 Å². The zero-order valence-electron chi connectivity index (χ0n) is 17.2. The molecule has 1 unspecified atom stereocenters. The van der Waals surface area contributed by atoms with E-state index in [4.69, 9.17) is 4.74 Å². The second kappa shape index (κ2) is 6.06. The van der Waals surface area contributed by atoms with Crippen molar-refractivity contribution in [1.29, 1.82) is 0 Å². The van der Waals surface area contributed by atoms with Crippen LogP contribution in [-0.4, -0.2) is 55.6 Å². The highest BCUT2D eigenvalue weighted by atomic mass is 16.6. The van der Waals surface area contributed by atoms with Gasteiger partial charge in [0.1, 0.15) is 5.60 Å². The van der Waals surface area contributed by atoms with Crippen LogP contribution in [0.4, 0.5) is 4.79 Å². The number of fused-ring (bicyclic) bond motifs is 1. The molecular formula is C21H26N6O2. The molecule has 152 valence electrons. The lowest BCUT2D eigenvalue weighted by Gasteiger charge is -2.61. The predicted molar refractivity (Wildman–Crippen MR) is 108 cm³/mol. The lowest BCUT2D eigenvalue weighted by atomic mass is 9.65. The van der Waals surface area contributed by atoms with E-state index in [2.05, 4.69) is 27.6 Å². The molecule has 3 aromatic rings. The third-order valence-corrected chi connectivity index (χ3v) is 5.84. The fourth-order valence-corrected chi connectivity index (χ4v) is 4.43. The molecule has 29 heavy (non-hydrogen) atoms. The first kappa shape index (κ1) is 18.2. The Morgan fingerprint density at radius 2 is 1.97 bits per heavy atom. The molecule has 8 heteroatoms. The van der Waals surface area contributed by atoms with Crippen LogP contribution in [0.2, 0.25) is 0 Å². The number of carbonyl (C=O) groups is 1. The van der Waals surface area contributed by atoms with E-state index >= 15 is 0 Å². The van der Waals surface area contributed by atoms with E-state index in [0.29, 0.717) is 6.54 Å². The number of amides is 1. The number of carbonyl (C=O) groups excluding carboxylic acids is 1. The Bertz CT molecular complexity index is 1090. The number of hydrogen-bond acceptors (Lipinski definition) is 5. The monoisotopic (exact) mass is 394 g/mol. The third kappa shape index (κ3) is 2.90. The highest BCUT2D eigenvalue weighted by Crippen LogP contribution is 2.52. The van der Waals surface area contributed by atoms with Crippen LogP contribution in [-0.2, 0) is 11.8 Å². The molecule has 2 aliphatic rings. The van der Waals surface area contributed by atoms with Crippen LogP contribution in [0.5, 0.6) is 0 Å². The first-order chi connectivity index (χ1) is 13.8. The van der Waals surface area contributed by atoms with Crippen molar-refractivity contribution in [3.8, 4) is 11.1 Å². The zero-order chi connectivity index (χ0) is 20.4. The van der Waals surface area contributed by atoms with Gasteiger partial charge in [-0.25, -0.2) is 9.31 Å². The second-order valence-corrected chi connectivity index (χ2v) is 9.23. The summed E-state index contributed by atoms with van der Waals surface area (Å²) in [6.07, 6.45) is 7.47. The number of likely N-dealkylation sites (tertiary alicyclic amines) is 1. The van der Waals surface area contributed by atoms with Crippen LogP contribution in [0.15, 0.2) is 36.9 Å². The summed E-state index contributed by atoms with van der Waals surface area (Å²) in [7, 11) is 1.90. The summed E-state index contributed by atoms with van der Waals surface area (Å²) in [5.74, 6) is 0. The lowest BCUT2D eigenvalue weighted by molar-refractivity contribution is -0.108. The fraction of sp³-hybridized carbons (Fsp3) is 0.476. The predicted octanol–water partition coefficient (Wildman–Crippen LogP) is 2.62. The smallest absolute Gasteiger partial charge is 0.410 e. The SMILES string of the molecule is Cn1cc(-c2ccc3c(C4N(C(=O)OC(C)(C)C)CC45CNC5)cnn3c2)cn1. The maximum absolute atomic E-state index is 12.8. The standard InChI is InChI=1S/C21H26N6O2/c1-20(2,3)29-19(28)26-13-21(11-22-12-21)18(26)16-8-24-27-10-14(5-6-17(16)27)15-7-23-25(4)9-15/h5-10,18,22H,11-13H2,1-4H3. The number of aryl methyl sites for hydroxylation is 1. The first-order valence-electron chi connectivity index (χ1n) is 9.92. The Morgan fingerprint density at radius 1 is 1.17 bits per heavy atom. The van der Waals surface area contributed by atoms with E-state index in [0.717, 1.165) is 35.3 Å². The van der Waals surface area contributed by atoms with Gasteiger partial charge in [0.25, 0.3) is 0 Å². The number of pyridine rings is 1. The van der Waals surface area contributed by atoms with Crippen LogP contribution < -0.4 is 5.32 Å². The van der Waals surface area contributed by atoms with Crippen LogP contribution >= 0.6 is 0 Å². The number of nitrogens with zero attached hydrogens (tertiary/aromatic N) is 5. The van der Waals surface area contributed by atoms with Gasteiger partial charge >= 0.3 is 6.09 Å². The molecule has 1 amide bonds. The minimum absolute atomic E-state index is 0.0275. The van der Waals surface area contributed by atoms with Gasteiger partial charge < -0.3 is 10.1 Å². The van der Waals surface area contributed by atoms with E-state index in [1.165, 1.54) is 0 Å². The topological polar surface area (TPSA) is 76.7 Å². The minimum Gasteiger partial charge on any atom is -0.444 e. The van der Waals surface area contributed by atoms with Crippen molar-refractivity contribution in [2.45, 2.75) is 32.4 Å². The second-order valence-electron chi connectivity index (χ2n) is 9.23. The van der Waals surface area contributed by atoms with E-state index in [9.17, 15) is 4.79 Å². The molecule has 8 nitrogen and oxygen atoms in total. The Labute approximate surface area is 169 Å². The van der Waals surface area contributed by atoms with Crippen molar-refractivity contribution in [1.82, 2.24) is 29.6 Å². The van der Waals surface area contributed by atoms with Gasteiger partial charge in [0.05, 0.1) is 24.0 Å². The van der Waals surface area contributed by atoms with Crippen molar-refractivity contribution in [2.24, 2.45) is 12.5 Å². The molecule has 2 fully saturated rings. The quantitative estimate of drug-likeness (QED) is 0.723. The number of hydrogen-bond donors (Lipinski definition) is 1. The molecule has 0 aliphatic carbocycles. The molecule has 0 bridgehead atoms. The Hall–Kier alpha value is -2.87. The van der Waals surface area contributed by atoms with Crippen molar-refractivity contribution < 1.29 is 9.53 Å². The van der Waals surface area contributed by atoms with Gasteiger partial charge in [-0.2, -0.15) is 10.2 Å². The van der Waals surface area contributed by atoms with E-state index in [-0.39, 0.29) is 17.6 Å². The molecule has 3 aromatic heterocycles. The number of ether oxygens (including phenoxy) is 1. The molecule has 5 rings (SSSR count). The summed E-state index contributed by atoms with van der Waals surface area (Å²) >= 11 is 0. The molecule has 0 saturated carbocycles. The van der Waals surface area contributed by atoms with Crippen LogP contribution in [0, 0.1) is 5.41 Å². The summed E-state index contributed by atoms with van der Waals surface area (Å²) < 4.78 is 9.33. The van der Waals surface area contributed by atoms with Crippen molar-refractivity contribution in [3.63, 3.8) is 0 Å². The highest BCUT2D eigenvalue weighted by molar-refractivity contribution is 5.73. The van der Waals surface area contributed by atoms with Gasteiger partial charge in [0.15, 0.2) is 0 Å². The first-order valence-corrected chi connectivity index (χ1v) is 9.92. The normalized spacial score (nSPS) is 20.6. The number of nitrogens with one attached hydrogen (secondary N) is 1. The Balaban J connectivity index is 1.50. The molecule has 2 saturated heterocycles. The molecule has 5 heterocycles. The maximum Gasteiger partial charge on any atom is 0.410 e. The lowest BCUT2D eigenvalue weighted by Crippen LogP contribution is -2.73. The van der Waals surface area contributed by atoms with Gasteiger partial charge in [-0.1, -0.05) is 6.07 Å². The largest absolute Gasteiger partial charge is 0.444 e. The Morgan fingerprint density at radius 3 is 2.59 bits per heavy atom. The molecule has 1 N–H and O–H groups in total. The molecular weight excluding hydrogens is 368 g/mol. The van der Waals surface area contributed by atoms with Crippen molar-refractivity contribution in [2.75, 3.05) is 19.6 Å². The van der Waals surface area contributed by atoms with Gasteiger partial charge in [-0.3, -0.25) is 9.58 Å². The average Bonchev–Trinajstić information content (AvgIpc) is 3.17. The molecule has 0 aromatic carbocycles. The van der Waals surface area contributed by atoms with E-state index in [1.54, 1.807) is 4.68 Å². The fourth-order valence-electron chi connectivity index (χ4n) is 4.43. The Kier molecular flexibility index (Phi) is 3.80. The molecule has 2 aliphatic heterocycles. The molecule has 1 spiro atoms. The average molecular weight is 394 g/mol. The van der Waals surface area contributed by atoms with Gasteiger partial charge in [-0.05, 0) is 26.8 Å². The van der Waals surface area contributed by atoms with Crippen molar-refractivity contribution in [3.05, 3.63) is 42.5 Å². The van der Waals surface area contributed by atoms with Crippen LogP contribution in [0.1, 0.15) is 32.4 Å². The summed E-state index contributed by atoms with van der Waals surface area (Å²) in [6, 6.07) is 4.13. The van der Waals surface area contributed by atoms with Crippen LogP contribution in [0.25, 0.3) is 16.6 Å². The van der Waals surface area contributed by atoms with E-state index in [1.807, 2.05) is 62.0 Å². The number of rotatable bonds is 2. The molecule has 1 atom stereocenters. The summed E-state index contributed by atoms with van der Waals surface area (Å²) in [6.45, 7) is 8.22. The van der Waals surface area contributed by atoms with Gasteiger partial charge in [0, 0.05) is 61.2 Å². The summed E-state index contributed by atoms with van der Waals surface area (Å²) in [5, 5.41) is 12.2. The van der Waals surface area contributed by atoms with Crippen LogP contribution in [0.3, 0.4) is 0 Å². The molecule has 0 radical (unpaired) electrons. The van der Waals surface area contributed by atoms with Gasteiger partial charge in [-0.15, -0.1) is 0 Å². The highest BCUT2D eigenvalue weighted by Gasteiger charge is 2.59. The van der Waals surface area contributed by atoms with Gasteiger partial charge in [0.2, 0.25) is 0 Å². The zero-order valence-corrected chi connectivity index (χ0v) is 17.2. The summed E-state index contributed by atoms with van der Waals surface area (Å²) in [5.41, 5.74) is 3.75. The third-order valence-electron chi connectivity index (χ3n) is 5.84. The summed E-state index contributed by atoms with van der Waals surface area (Å²) in [4.78, 5) is 14.6. The number of aromatic nitrogens is 4. The maximum atomic E-state index is 12.8. The van der Waals surface area contributed by atoms with E-state index < -0.39 is 5.60 Å².